The zero-order valence-corrected chi connectivity index (χ0v) is 20.1. The van der Waals surface area contributed by atoms with Crippen molar-refractivity contribution >= 4 is 44.8 Å². The molecule has 1 aliphatic heterocycles. The largest absolute Gasteiger partial charge is 0.353 e. The fourth-order valence-electron chi connectivity index (χ4n) is 4.34. The number of nitrogens with one attached hydrogen (secondary N) is 2. The van der Waals surface area contributed by atoms with Crippen LogP contribution in [0.3, 0.4) is 0 Å². The van der Waals surface area contributed by atoms with Gasteiger partial charge in [0.1, 0.15) is 5.82 Å². The van der Waals surface area contributed by atoms with Crippen LogP contribution in [0.25, 0.3) is 10.1 Å². The first kappa shape index (κ1) is 22.8. The van der Waals surface area contributed by atoms with Crippen LogP contribution in [0, 0.1) is 11.3 Å². The number of urea groups is 1. The van der Waals surface area contributed by atoms with Crippen LogP contribution in [-0.2, 0) is 6.42 Å². The molecule has 1 saturated heterocycles. The molecule has 0 aliphatic carbocycles. The highest BCUT2D eigenvalue weighted by Gasteiger charge is 2.20. The maximum atomic E-state index is 12.4. The lowest BCUT2D eigenvalue weighted by Gasteiger charge is -2.35. The number of benzene rings is 3. The Balaban J connectivity index is 1.11. The lowest BCUT2D eigenvalue weighted by Crippen LogP contribution is -2.47. The molecule has 2 heterocycles. The van der Waals surface area contributed by atoms with Crippen LogP contribution in [0.4, 0.5) is 22.0 Å². The lowest BCUT2D eigenvalue weighted by atomic mass is 10.1. The van der Waals surface area contributed by atoms with E-state index in [1.165, 1.54) is 15.6 Å². The van der Waals surface area contributed by atoms with Crippen molar-refractivity contribution in [2.24, 2.45) is 0 Å². The smallest absolute Gasteiger partial charge is 0.323 e. The van der Waals surface area contributed by atoms with Gasteiger partial charge in [0.2, 0.25) is 0 Å². The van der Waals surface area contributed by atoms with E-state index in [0.29, 0.717) is 11.3 Å². The van der Waals surface area contributed by atoms with Crippen molar-refractivity contribution in [3.63, 3.8) is 0 Å². The molecular formula is C27H26N6OS. The maximum Gasteiger partial charge on any atom is 0.323 e. The minimum Gasteiger partial charge on any atom is -0.353 e. The third-order valence-corrected chi connectivity index (χ3v) is 7.00. The van der Waals surface area contributed by atoms with Crippen LogP contribution >= 0.6 is 11.5 Å². The molecule has 0 radical (unpaired) electrons. The highest BCUT2D eigenvalue weighted by Crippen LogP contribution is 2.29. The second kappa shape index (κ2) is 10.6. The van der Waals surface area contributed by atoms with E-state index >= 15 is 0 Å². The third-order valence-electron chi connectivity index (χ3n) is 6.18. The number of piperazine rings is 1. The Hall–Kier alpha value is -3.93. The third kappa shape index (κ3) is 5.60. The van der Waals surface area contributed by atoms with Gasteiger partial charge in [-0.25, -0.2) is 4.79 Å². The molecule has 5 rings (SSSR count). The first-order valence-corrected chi connectivity index (χ1v) is 12.4. The van der Waals surface area contributed by atoms with E-state index in [0.717, 1.165) is 50.6 Å². The average molecular weight is 483 g/mol. The fourth-order valence-corrected chi connectivity index (χ4v) is 5.13. The molecule has 4 aromatic rings. The molecule has 3 aromatic carbocycles. The topological polar surface area (TPSA) is 84.3 Å². The summed E-state index contributed by atoms with van der Waals surface area (Å²) in [6.45, 7) is 4.94. The Labute approximate surface area is 208 Å². The van der Waals surface area contributed by atoms with Crippen molar-refractivity contribution in [2.75, 3.05) is 48.3 Å². The molecule has 2 N–H and O–H groups in total. The first-order chi connectivity index (χ1) is 17.2. The van der Waals surface area contributed by atoms with E-state index in [2.05, 4.69) is 56.8 Å². The first-order valence-electron chi connectivity index (χ1n) is 11.7. The number of fused-ring (bicyclic) bond motifs is 1. The van der Waals surface area contributed by atoms with Crippen molar-refractivity contribution in [3.8, 4) is 6.07 Å². The summed E-state index contributed by atoms with van der Waals surface area (Å²) in [4.78, 5) is 17.3. The highest BCUT2D eigenvalue weighted by atomic mass is 32.1. The molecule has 0 spiro atoms. The van der Waals surface area contributed by atoms with E-state index in [-0.39, 0.29) is 6.03 Å². The summed E-state index contributed by atoms with van der Waals surface area (Å²) >= 11 is 1.57. The number of nitriles is 1. The van der Waals surface area contributed by atoms with Crippen LogP contribution in [0.1, 0.15) is 11.1 Å². The molecule has 0 bridgehead atoms. The van der Waals surface area contributed by atoms with Crippen LogP contribution in [-0.4, -0.2) is 48.0 Å². The minimum atomic E-state index is -0.331. The number of anilines is 3. The standard InChI is InChI=1S/C27H26N6OS/c28-19-21-6-4-8-23(18-21)30-27(34)29-22-7-3-5-20(17-22)11-12-32-13-15-33(16-14-32)26-24-9-1-2-10-25(24)35-31-26/h1-10,17-18H,11-16H2,(H2,29,30,34). The monoisotopic (exact) mass is 482 g/mol. The second-order valence-electron chi connectivity index (χ2n) is 8.55. The second-order valence-corrected chi connectivity index (χ2v) is 9.36. The van der Waals surface area contributed by atoms with Gasteiger partial charge in [-0.2, -0.15) is 9.64 Å². The molecule has 176 valence electrons. The minimum absolute atomic E-state index is 0.331. The molecule has 1 fully saturated rings. The molecule has 1 aliphatic rings. The van der Waals surface area contributed by atoms with Crippen LogP contribution < -0.4 is 15.5 Å². The summed E-state index contributed by atoms with van der Waals surface area (Å²) < 4.78 is 5.94. The van der Waals surface area contributed by atoms with Crippen molar-refractivity contribution in [1.29, 1.82) is 5.26 Å². The Morgan fingerprint density at radius 1 is 0.943 bits per heavy atom. The van der Waals surface area contributed by atoms with Gasteiger partial charge in [-0.05, 0) is 66.0 Å². The predicted molar refractivity (Wildman–Crippen MR) is 142 cm³/mol. The van der Waals surface area contributed by atoms with Crippen LogP contribution in [0.15, 0.2) is 72.8 Å². The molecule has 7 nitrogen and oxygen atoms in total. The zero-order valence-electron chi connectivity index (χ0n) is 19.3. The molecule has 8 heteroatoms. The summed E-state index contributed by atoms with van der Waals surface area (Å²) in [7, 11) is 0. The number of rotatable bonds is 6. The number of amides is 2. The Morgan fingerprint density at radius 2 is 1.69 bits per heavy atom. The number of nitrogens with zero attached hydrogens (tertiary/aromatic N) is 4. The van der Waals surface area contributed by atoms with E-state index in [1.54, 1.807) is 35.8 Å². The summed E-state index contributed by atoms with van der Waals surface area (Å²) in [6.07, 6.45) is 0.918. The van der Waals surface area contributed by atoms with E-state index in [9.17, 15) is 4.79 Å². The van der Waals surface area contributed by atoms with Crippen LogP contribution in [0.2, 0.25) is 0 Å². The van der Waals surface area contributed by atoms with Crippen LogP contribution in [0.5, 0.6) is 0 Å². The summed E-state index contributed by atoms with van der Waals surface area (Å²) in [6, 6.07) is 25.0. The molecule has 0 atom stereocenters. The van der Waals surface area contributed by atoms with Crippen molar-refractivity contribution in [1.82, 2.24) is 9.27 Å². The molecule has 0 saturated carbocycles. The lowest BCUT2D eigenvalue weighted by molar-refractivity contribution is 0.260. The molecule has 1 aromatic heterocycles. The van der Waals surface area contributed by atoms with Gasteiger partial charge >= 0.3 is 6.03 Å². The number of carbonyl (C=O) groups is 1. The Morgan fingerprint density at radius 3 is 2.49 bits per heavy atom. The molecule has 35 heavy (non-hydrogen) atoms. The van der Waals surface area contributed by atoms with Gasteiger partial charge in [0.15, 0.2) is 0 Å². The van der Waals surface area contributed by atoms with Crippen molar-refractivity contribution in [3.05, 3.63) is 83.9 Å². The van der Waals surface area contributed by atoms with E-state index < -0.39 is 0 Å². The summed E-state index contributed by atoms with van der Waals surface area (Å²) in [5.41, 5.74) is 3.02. The Kier molecular flexibility index (Phi) is 6.89. The van der Waals surface area contributed by atoms with Gasteiger partial charge < -0.3 is 15.5 Å². The van der Waals surface area contributed by atoms with Gasteiger partial charge in [0, 0.05) is 49.5 Å². The SMILES string of the molecule is N#Cc1cccc(NC(=O)Nc2cccc(CCN3CCN(c4nsc5ccccc45)CC3)c2)c1. The Bertz CT molecular complexity index is 1370. The van der Waals surface area contributed by atoms with Gasteiger partial charge in [-0.1, -0.05) is 30.3 Å². The number of hydrogen-bond acceptors (Lipinski definition) is 6. The maximum absolute atomic E-state index is 12.4. The normalized spacial score (nSPS) is 14.0. The molecular weight excluding hydrogens is 456 g/mol. The number of carbonyl (C=O) groups excluding carboxylic acids is 1. The molecule has 2 amide bonds. The van der Waals surface area contributed by atoms with Gasteiger partial charge in [0.25, 0.3) is 0 Å². The predicted octanol–water partition coefficient (Wildman–Crippen LogP) is 5.18. The van der Waals surface area contributed by atoms with Gasteiger partial charge in [0.05, 0.1) is 16.3 Å². The van der Waals surface area contributed by atoms with E-state index in [1.807, 2.05) is 18.2 Å². The fraction of sp³-hybridized carbons (Fsp3) is 0.222. The quantitative estimate of drug-likeness (QED) is 0.396. The zero-order chi connectivity index (χ0) is 24.0. The van der Waals surface area contributed by atoms with Crippen molar-refractivity contribution < 1.29 is 4.79 Å². The van der Waals surface area contributed by atoms with Crippen molar-refractivity contribution in [2.45, 2.75) is 6.42 Å². The summed E-state index contributed by atoms with van der Waals surface area (Å²) in [5, 5.41) is 15.9. The molecule has 0 unspecified atom stereocenters. The van der Waals surface area contributed by atoms with E-state index in [4.69, 9.17) is 9.64 Å². The highest BCUT2D eigenvalue weighted by molar-refractivity contribution is 7.13. The average Bonchev–Trinajstić information content (AvgIpc) is 3.32. The van der Waals surface area contributed by atoms with Gasteiger partial charge in [-0.3, -0.25) is 4.90 Å². The van der Waals surface area contributed by atoms with Gasteiger partial charge in [-0.15, -0.1) is 0 Å². The summed E-state index contributed by atoms with van der Waals surface area (Å²) in [5.74, 6) is 1.11. The number of aromatic nitrogens is 1. The number of hydrogen-bond donors (Lipinski definition) is 2.